The first-order valence-electron chi connectivity index (χ1n) is 4.67. The molecule has 1 rings (SSSR count). The third-order valence-corrected chi connectivity index (χ3v) is 2.65. The van der Waals surface area contributed by atoms with Crippen LogP contribution in [-0.2, 0) is 6.54 Å². The normalized spacial score (nSPS) is 11.7. The first-order valence-corrected chi connectivity index (χ1v) is 5.47. The fourth-order valence-corrected chi connectivity index (χ4v) is 1.48. The summed E-state index contributed by atoms with van der Waals surface area (Å²) in [6.07, 6.45) is 0. The number of hydrogen-bond acceptors (Lipinski definition) is 2. The van der Waals surface area contributed by atoms with Gasteiger partial charge in [0.2, 0.25) is 0 Å². The summed E-state index contributed by atoms with van der Waals surface area (Å²) >= 11 is 3.50. The molecule has 0 aliphatic carbocycles. The Bertz CT molecular complexity index is 316. The van der Waals surface area contributed by atoms with Gasteiger partial charge in [0, 0.05) is 22.2 Å². The van der Waals surface area contributed by atoms with Gasteiger partial charge in [0.1, 0.15) is 0 Å². The Kier molecular flexibility index (Phi) is 3.56. The molecule has 0 bridgehead atoms. The summed E-state index contributed by atoms with van der Waals surface area (Å²) in [4.78, 5) is 0. The number of nitrogens with one attached hydrogen (secondary N) is 1. The number of rotatable bonds is 2. The van der Waals surface area contributed by atoms with Gasteiger partial charge in [-0.1, -0.05) is 15.9 Å². The van der Waals surface area contributed by atoms with Gasteiger partial charge in [-0.05, 0) is 44.5 Å². The molecule has 0 saturated carbocycles. The van der Waals surface area contributed by atoms with E-state index in [4.69, 9.17) is 5.73 Å². The van der Waals surface area contributed by atoms with Gasteiger partial charge in [0.05, 0.1) is 0 Å². The van der Waals surface area contributed by atoms with Crippen LogP contribution >= 0.6 is 15.9 Å². The summed E-state index contributed by atoms with van der Waals surface area (Å²) in [5, 5.41) is 3.42. The van der Waals surface area contributed by atoms with Crippen LogP contribution in [0, 0.1) is 0 Å². The summed E-state index contributed by atoms with van der Waals surface area (Å²) in [7, 11) is 0. The van der Waals surface area contributed by atoms with E-state index in [9.17, 15) is 0 Å². The van der Waals surface area contributed by atoms with Crippen LogP contribution in [0.15, 0.2) is 22.7 Å². The highest BCUT2D eigenvalue weighted by Gasteiger charge is 2.09. The molecule has 3 heteroatoms. The zero-order valence-corrected chi connectivity index (χ0v) is 10.5. The zero-order valence-electron chi connectivity index (χ0n) is 8.89. The molecule has 0 aliphatic rings. The fraction of sp³-hybridized carbons (Fsp3) is 0.455. The largest absolute Gasteiger partial charge is 0.399 e. The monoisotopic (exact) mass is 256 g/mol. The molecule has 0 fully saturated rings. The van der Waals surface area contributed by atoms with Crippen LogP contribution in [0.1, 0.15) is 26.3 Å². The fourth-order valence-electron chi connectivity index (χ4n) is 1.09. The maximum atomic E-state index is 5.72. The second-order valence-electron chi connectivity index (χ2n) is 4.45. The molecule has 0 radical (unpaired) electrons. The Morgan fingerprint density at radius 1 is 1.36 bits per heavy atom. The minimum absolute atomic E-state index is 0.129. The molecule has 1 aromatic carbocycles. The van der Waals surface area contributed by atoms with Gasteiger partial charge in [-0.15, -0.1) is 0 Å². The van der Waals surface area contributed by atoms with Crippen LogP contribution in [0.2, 0.25) is 0 Å². The number of benzene rings is 1. The third kappa shape index (κ3) is 3.68. The molecule has 0 atom stereocenters. The van der Waals surface area contributed by atoms with Crippen molar-refractivity contribution in [3.8, 4) is 0 Å². The van der Waals surface area contributed by atoms with Crippen molar-refractivity contribution in [2.75, 3.05) is 5.73 Å². The Hall–Kier alpha value is -0.540. The van der Waals surface area contributed by atoms with Gasteiger partial charge in [-0.25, -0.2) is 0 Å². The first-order chi connectivity index (χ1) is 6.38. The maximum Gasteiger partial charge on any atom is 0.0318 e. The Morgan fingerprint density at radius 3 is 2.57 bits per heavy atom. The SMILES string of the molecule is CC(C)(C)NCc1cc(N)ccc1Br. The van der Waals surface area contributed by atoms with E-state index in [0.29, 0.717) is 0 Å². The van der Waals surface area contributed by atoms with Crippen molar-refractivity contribution in [1.29, 1.82) is 0 Å². The number of hydrogen-bond donors (Lipinski definition) is 2. The minimum Gasteiger partial charge on any atom is -0.399 e. The van der Waals surface area contributed by atoms with E-state index in [1.54, 1.807) is 0 Å². The highest BCUT2D eigenvalue weighted by molar-refractivity contribution is 9.10. The van der Waals surface area contributed by atoms with Crippen LogP contribution in [0.25, 0.3) is 0 Å². The van der Waals surface area contributed by atoms with Crippen LogP contribution in [0.3, 0.4) is 0 Å². The van der Waals surface area contributed by atoms with Gasteiger partial charge < -0.3 is 11.1 Å². The molecule has 78 valence electrons. The molecule has 1 aromatic rings. The summed E-state index contributed by atoms with van der Waals surface area (Å²) in [5.41, 5.74) is 7.85. The van der Waals surface area contributed by atoms with E-state index >= 15 is 0 Å². The molecule has 0 amide bonds. The van der Waals surface area contributed by atoms with Crippen molar-refractivity contribution in [1.82, 2.24) is 5.32 Å². The molecule has 14 heavy (non-hydrogen) atoms. The van der Waals surface area contributed by atoms with E-state index in [1.165, 1.54) is 5.56 Å². The molecular weight excluding hydrogens is 240 g/mol. The van der Waals surface area contributed by atoms with Crippen molar-refractivity contribution in [2.24, 2.45) is 0 Å². The number of halogens is 1. The molecule has 0 saturated heterocycles. The molecular formula is C11H17BrN2. The van der Waals surface area contributed by atoms with Gasteiger partial charge in [0.25, 0.3) is 0 Å². The van der Waals surface area contributed by atoms with E-state index in [-0.39, 0.29) is 5.54 Å². The van der Waals surface area contributed by atoms with Crippen molar-refractivity contribution < 1.29 is 0 Å². The molecule has 0 spiro atoms. The van der Waals surface area contributed by atoms with Crippen LogP contribution < -0.4 is 11.1 Å². The van der Waals surface area contributed by atoms with Crippen molar-refractivity contribution in [2.45, 2.75) is 32.9 Å². The molecule has 0 heterocycles. The van der Waals surface area contributed by atoms with Gasteiger partial charge in [-0.3, -0.25) is 0 Å². The lowest BCUT2D eigenvalue weighted by molar-refractivity contribution is 0.424. The van der Waals surface area contributed by atoms with Crippen LogP contribution in [0.4, 0.5) is 5.69 Å². The third-order valence-electron chi connectivity index (χ3n) is 1.88. The molecule has 2 nitrogen and oxygen atoms in total. The topological polar surface area (TPSA) is 38.0 Å². The maximum absolute atomic E-state index is 5.72. The second-order valence-corrected chi connectivity index (χ2v) is 5.31. The summed E-state index contributed by atoms with van der Waals surface area (Å²) < 4.78 is 1.10. The minimum atomic E-state index is 0.129. The molecule has 0 aromatic heterocycles. The second kappa shape index (κ2) is 4.32. The van der Waals surface area contributed by atoms with Gasteiger partial charge in [-0.2, -0.15) is 0 Å². The van der Waals surface area contributed by atoms with E-state index in [2.05, 4.69) is 42.0 Å². The number of nitrogens with two attached hydrogens (primary N) is 1. The Balaban J connectivity index is 2.72. The van der Waals surface area contributed by atoms with E-state index in [1.807, 2.05) is 18.2 Å². The Morgan fingerprint density at radius 2 is 2.00 bits per heavy atom. The lowest BCUT2D eigenvalue weighted by atomic mass is 10.1. The standard InChI is InChI=1S/C11H17BrN2/c1-11(2,3)14-7-8-6-9(13)4-5-10(8)12/h4-6,14H,7,13H2,1-3H3. The average molecular weight is 257 g/mol. The summed E-state index contributed by atoms with van der Waals surface area (Å²) in [5.74, 6) is 0. The predicted molar refractivity (Wildman–Crippen MR) is 65.1 cm³/mol. The first kappa shape index (κ1) is 11.5. The smallest absolute Gasteiger partial charge is 0.0318 e. The summed E-state index contributed by atoms with van der Waals surface area (Å²) in [6.45, 7) is 7.27. The molecule has 0 aliphatic heterocycles. The van der Waals surface area contributed by atoms with Crippen molar-refractivity contribution in [3.05, 3.63) is 28.2 Å². The van der Waals surface area contributed by atoms with E-state index < -0.39 is 0 Å². The van der Waals surface area contributed by atoms with Gasteiger partial charge in [0.15, 0.2) is 0 Å². The van der Waals surface area contributed by atoms with E-state index in [0.717, 1.165) is 16.7 Å². The summed E-state index contributed by atoms with van der Waals surface area (Å²) in [6, 6.07) is 5.86. The van der Waals surface area contributed by atoms with Crippen LogP contribution in [0.5, 0.6) is 0 Å². The average Bonchev–Trinajstić information content (AvgIpc) is 2.05. The molecule has 3 N–H and O–H groups in total. The Labute approximate surface area is 94.0 Å². The highest BCUT2D eigenvalue weighted by atomic mass is 79.9. The number of anilines is 1. The van der Waals surface area contributed by atoms with Crippen molar-refractivity contribution >= 4 is 21.6 Å². The lowest BCUT2D eigenvalue weighted by Crippen LogP contribution is -2.35. The van der Waals surface area contributed by atoms with Gasteiger partial charge >= 0.3 is 0 Å². The predicted octanol–water partition coefficient (Wildman–Crippen LogP) is 2.92. The highest BCUT2D eigenvalue weighted by Crippen LogP contribution is 2.19. The van der Waals surface area contributed by atoms with Crippen LogP contribution in [-0.4, -0.2) is 5.54 Å². The quantitative estimate of drug-likeness (QED) is 0.799. The van der Waals surface area contributed by atoms with Crippen molar-refractivity contribution in [3.63, 3.8) is 0 Å². The molecule has 0 unspecified atom stereocenters. The lowest BCUT2D eigenvalue weighted by Gasteiger charge is -2.21. The number of nitrogen functional groups attached to an aromatic ring is 1. The zero-order chi connectivity index (χ0) is 10.8.